The lowest BCUT2D eigenvalue weighted by molar-refractivity contribution is -0.121. The summed E-state index contributed by atoms with van der Waals surface area (Å²) in [5, 5.41) is 3.38. The molecular formula is C24H29N3O3. The lowest BCUT2D eigenvalue weighted by Crippen LogP contribution is -2.40. The molecule has 0 aliphatic carbocycles. The maximum atomic E-state index is 13.2. The van der Waals surface area contributed by atoms with Crippen LogP contribution in [0.25, 0.3) is 10.9 Å². The van der Waals surface area contributed by atoms with E-state index in [1.807, 2.05) is 56.3 Å². The lowest BCUT2D eigenvalue weighted by atomic mass is 10.1. The van der Waals surface area contributed by atoms with Crippen LogP contribution in [-0.2, 0) is 17.9 Å². The van der Waals surface area contributed by atoms with Gasteiger partial charge in [-0.1, -0.05) is 48.9 Å². The summed E-state index contributed by atoms with van der Waals surface area (Å²) >= 11 is 0. The molecule has 2 aromatic carbocycles. The highest BCUT2D eigenvalue weighted by Gasteiger charge is 2.13. The zero-order valence-corrected chi connectivity index (χ0v) is 17.7. The van der Waals surface area contributed by atoms with E-state index < -0.39 is 0 Å². The molecule has 0 aliphatic heterocycles. The second-order valence-electron chi connectivity index (χ2n) is 7.64. The maximum Gasteiger partial charge on any atom is 0.331 e. The molecule has 6 heteroatoms. The Morgan fingerprint density at radius 1 is 0.967 bits per heavy atom. The molecule has 0 saturated carbocycles. The maximum absolute atomic E-state index is 13.2. The molecular weight excluding hydrogens is 378 g/mol. The van der Waals surface area contributed by atoms with Crippen LogP contribution in [0.5, 0.6) is 0 Å². The van der Waals surface area contributed by atoms with Gasteiger partial charge in [0.25, 0.3) is 5.56 Å². The molecule has 0 atom stereocenters. The normalized spacial score (nSPS) is 11.0. The SMILES string of the molecule is CCCNC(=O)CCCCn1c(=O)c2ccccc2n(Cc2ccc(C)cc2)c1=O. The van der Waals surface area contributed by atoms with Gasteiger partial charge in [0, 0.05) is 19.5 Å². The number of carbonyl (C=O) groups is 1. The van der Waals surface area contributed by atoms with Crippen LogP contribution in [0, 0.1) is 6.92 Å². The number of fused-ring (bicyclic) bond motifs is 1. The predicted octanol–water partition coefficient (Wildman–Crippen LogP) is 3.22. The number of nitrogens with one attached hydrogen (secondary N) is 1. The number of benzene rings is 2. The fourth-order valence-electron chi connectivity index (χ4n) is 3.51. The minimum absolute atomic E-state index is 0.0134. The van der Waals surface area contributed by atoms with Gasteiger partial charge >= 0.3 is 5.69 Å². The van der Waals surface area contributed by atoms with Gasteiger partial charge in [-0.15, -0.1) is 0 Å². The van der Waals surface area contributed by atoms with Crippen molar-refractivity contribution in [2.45, 2.75) is 52.6 Å². The quantitative estimate of drug-likeness (QED) is 0.554. The molecule has 0 radical (unpaired) electrons. The second kappa shape index (κ2) is 10.1. The highest BCUT2D eigenvalue weighted by Crippen LogP contribution is 2.11. The number of aryl methyl sites for hydroxylation is 1. The summed E-state index contributed by atoms with van der Waals surface area (Å²) in [6, 6.07) is 15.3. The van der Waals surface area contributed by atoms with E-state index in [-0.39, 0.29) is 17.2 Å². The smallest absolute Gasteiger partial charge is 0.331 e. The fraction of sp³-hybridized carbons (Fsp3) is 0.375. The van der Waals surface area contributed by atoms with Crippen LogP contribution in [0.15, 0.2) is 58.1 Å². The van der Waals surface area contributed by atoms with E-state index in [2.05, 4.69) is 5.32 Å². The third-order valence-electron chi connectivity index (χ3n) is 5.20. The molecule has 0 unspecified atom stereocenters. The molecule has 3 aromatic rings. The third-order valence-corrected chi connectivity index (χ3v) is 5.20. The number of para-hydroxylation sites is 1. The molecule has 1 heterocycles. The number of aromatic nitrogens is 2. The number of amides is 1. The Bertz CT molecular complexity index is 1130. The number of hydrogen-bond acceptors (Lipinski definition) is 3. The molecule has 0 saturated heterocycles. The van der Waals surface area contributed by atoms with Crippen molar-refractivity contribution in [3.8, 4) is 0 Å². The standard InChI is InChI=1S/C24H29N3O3/c1-3-15-25-22(28)10-6-7-16-26-23(29)20-8-4-5-9-21(20)27(24(26)30)17-19-13-11-18(2)12-14-19/h4-5,8-9,11-14H,3,6-7,10,15-17H2,1-2H3,(H,25,28). The average molecular weight is 408 g/mol. The Hall–Kier alpha value is -3.15. The van der Waals surface area contributed by atoms with Gasteiger partial charge in [0.2, 0.25) is 5.91 Å². The average Bonchev–Trinajstić information content (AvgIpc) is 2.76. The Labute approximate surface area is 176 Å². The molecule has 0 aliphatic rings. The summed E-state index contributed by atoms with van der Waals surface area (Å²) in [6.45, 7) is 5.41. The molecule has 0 bridgehead atoms. The van der Waals surface area contributed by atoms with Gasteiger partial charge in [0.15, 0.2) is 0 Å². The topological polar surface area (TPSA) is 73.1 Å². The number of hydrogen-bond donors (Lipinski definition) is 1. The van der Waals surface area contributed by atoms with E-state index in [0.717, 1.165) is 17.5 Å². The number of carbonyl (C=O) groups excluding carboxylic acids is 1. The molecule has 1 N–H and O–H groups in total. The lowest BCUT2D eigenvalue weighted by Gasteiger charge is -2.14. The van der Waals surface area contributed by atoms with Crippen LogP contribution in [0.1, 0.15) is 43.7 Å². The van der Waals surface area contributed by atoms with Crippen LogP contribution in [0.3, 0.4) is 0 Å². The van der Waals surface area contributed by atoms with Gasteiger partial charge in [-0.2, -0.15) is 0 Å². The molecule has 30 heavy (non-hydrogen) atoms. The Balaban J connectivity index is 1.86. The van der Waals surface area contributed by atoms with Crippen molar-refractivity contribution in [2.75, 3.05) is 6.54 Å². The van der Waals surface area contributed by atoms with Gasteiger partial charge in [-0.05, 0) is 43.9 Å². The van der Waals surface area contributed by atoms with E-state index in [1.165, 1.54) is 4.57 Å². The van der Waals surface area contributed by atoms with Gasteiger partial charge in [-0.3, -0.25) is 18.7 Å². The minimum Gasteiger partial charge on any atom is -0.356 e. The van der Waals surface area contributed by atoms with Crippen molar-refractivity contribution in [3.63, 3.8) is 0 Å². The van der Waals surface area contributed by atoms with Crippen molar-refractivity contribution < 1.29 is 4.79 Å². The zero-order valence-electron chi connectivity index (χ0n) is 17.7. The van der Waals surface area contributed by atoms with Gasteiger partial charge in [0.1, 0.15) is 0 Å². The van der Waals surface area contributed by atoms with Crippen LogP contribution >= 0.6 is 0 Å². The highest BCUT2D eigenvalue weighted by molar-refractivity contribution is 5.78. The van der Waals surface area contributed by atoms with E-state index in [1.54, 1.807) is 10.6 Å². The molecule has 0 fully saturated rings. The predicted molar refractivity (Wildman–Crippen MR) is 120 cm³/mol. The first-order valence-corrected chi connectivity index (χ1v) is 10.6. The molecule has 158 valence electrons. The van der Waals surface area contributed by atoms with Crippen molar-refractivity contribution in [1.29, 1.82) is 0 Å². The van der Waals surface area contributed by atoms with Gasteiger partial charge < -0.3 is 5.32 Å². The van der Waals surface area contributed by atoms with Crippen LogP contribution < -0.4 is 16.6 Å². The first kappa shape index (κ1) is 21.6. The first-order chi connectivity index (χ1) is 14.5. The largest absolute Gasteiger partial charge is 0.356 e. The first-order valence-electron chi connectivity index (χ1n) is 10.6. The molecule has 1 aromatic heterocycles. The minimum atomic E-state index is -0.310. The summed E-state index contributed by atoms with van der Waals surface area (Å²) in [6.07, 6.45) is 2.53. The monoisotopic (exact) mass is 407 g/mol. The van der Waals surface area contributed by atoms with Gasteiger partial charge in [0.05, 0.1) is 17.4 Å². The summed E-state index contributed by atoms with van der Waals surface area (Å²) < 4.78 is 2.97. The number of rotatable bonds is 9. The van der Waals surface area contributed by atoms with Crippen LogP contribution in [-0.4, -0.2) is 21.6 Å². The van der Waals surface area contributed by atoms with Crippen molar-refractivity contribution >= 4 is 16.8 Å². The Kier molecular flexibility index (Phi) is 7.22. The summed E-state index contributed by atoms with van der Waals surface area (Å²) in [5.41, 5.74) is 2.22. The molecule has 3 rings (SSSR count). The van der Waals surface area contributed by atoms with Crippen LogP contribution in [0.4, 0.5) is 0 Å². The van der Waals surface area contributed by atoms with E-state index in [4.69, 9.17) is 0 Å². The van der Waals surface area contributed by atoms with Crippen molar-refractivity contribution in [2.24, 2.45) is 0 Å². The van der Waals surface area contributed by atoms with Crippen molar-refractivity contribution in [3.05, 3.63) is 80.5 Å². The molecule has 0 spiro atoms. The summed E-state index contributed by atoms with van der Waals surface area (Å²) in [4.78, 5) is 37.9. The third kappa shape index (κ3) is 5.06. The number of unbranched alkanes of at least 4 members (excludes halogenated alkanes) is 1. The van der Waals surface area contributed by atoms with E-state index >= 15 is 0 Å². The zero-order chi connectivity index (χ0) is 21.5. The highest BCUT2D eigenvalue weighted by atomic mass is 16.2. The Morgan fingerprint density at radius 3 is 2.43 bits per heavy atom. The van der Waals surface area contributed by atoms with Crippen molar-refractivity contribution in [1.82, 2.24) is 14.5 Å². The molecule has 6 nitrogen and oxygen atoms in total. The van der Waals surface area contributed by atoms with E-state index in [9.17, 15) is 14.4 Å². The van der Waals surface area contributed by atoms with Crippen LogP contribution in [0.2, 0.25) is 0 Å². The van der Waals surface area contributed by atoms with Gasteiger partial charge in [-0.25, -0.2) is 4.79 Å². The summed E-state index contributed by atoms with van der Waals surface area (Å²) in [5.74, 6) is 0.0134. The summed E-state index contributed by atoms with van der Waals surface area (Å²) in [7, 11) is 0. The number of nitrogens with zero attached hydrogens (tertiary/aromatic N) is 2. The Morgan fingerprint density at radius 2 is 1.70 bits per heavy atom. The molecule has 1 amide bonds. The fourth-order valence-corrected chi connectivity index (χ4v) is 3.51. The van der Waals surface area contributed by atoms with E-state index in [0.29, 0.717) is 49.8 Å². The second-order valence-corrected chi connectivity index (χ2v) is 7.64.